The number of hydrogen-bond donors (Lipinski definition) is 2. The zero-order valence-corrected chi connectivity index (χ0v) is 12.6. The quantitative estimate of drug-likeness (QED) is 0.871. The molecule has 0 aromatic heterocycles. The van der Waals surface area contributed by atoms with E-state index in [-0.39, 0.29) is 11.3 Å². The summed E-state index contributed by atoms with van der Waals surface area (Å²) in [5, 5.41) is 6.80. The standard InChI is InChI=1S/C13H16BrClN2O/c1-13(5-2-6-16-8-13)12(18)17-9-3-4-10(14)11(15)7-9/h3-4,7,16H,2,5-6,8H2,1H3,(H,17,18). The van der Waals surface area contributed by atoms with E-state index < -0.39 is 0 Å². The van der Waals surface area contributed by atoms with E-state index in [2.05, 4.69) is 26.6 Å². The molecule has 1 atom stereocenters. The van der Waals surface area contributed by atoms with Gasteiger partial charge in [-0.05, 0) is 60.4 Å². The minimum absolute atomic E-state index is 0.0492. The number of rotatable bonds is 2. The number of piperidine rings is 1. The van der Waals surface area contributed by atoms with Crippen LogP contribution in [0, 0.1) is 5.41 Å². The van der Waals surface area contributed by atoms with Gasteiger partial charge in [0, 0.05) is 16.7 Å². The highest BCUT2D eigenvalue weighted by Gasteiger charge is 2.34. The van der Waals surface area contributed by atoms with Crippen LogP contribution in [0.3, 0.4) is 0 Å². The Bertz CT molecular complexity index is 458. The summed E-state index contributed by atoms with van der Waals surface area (Å²) in [6.45, 7) is 3.71. The van der Waals surface area contributed by atoms with Crippen LogP contribution in [0.5, 0.6) is 0 Å². The Labute approximate surface area is 120 Å². The summed E-state index contributed by atoms with van der Waals surface area (Å²) in [7, 11) is 0. The maximum Gasteiger partial charge on any atom is 0.231 e. The van der Waals surface area contributed by atoms with Gasteiger partial charge >= 0.3 is 0 Å². The topological polar surface area (TPSA) is 41.1 Å². The van der Waals surface area contributed by atoms with Crippen LogP contribution in [-0.4, -0.2) is 19.0 Å². The van der Waals surface area contributed by atoms with Crippen molar-refractivity contribution >= 4 is 39.1 Å². The van der Waals surface area contributed by atoms with E-state index in [4.69, 9.17) is 11.6 Å². The molecule has 0 aliphatic carbocycles. The van der Waals surface area contributed by atoms with Crippen molar-refractivity contribution in [1.82, 2.24) is 5.32 Å². The summed E-state index contributed by atoms with van der Waals surface area (Å²) < 4.78 is 0.827. The van der Waals surface area contributed by atoms with Crippen LogP contribution in [0.2, 0.25) is 5.02 Å². The average molecular weight is 332 g/mol. The molecule has 18 heavy (non-hydrogen) atoms. The van der Waals surface area contributed by atoms with Crippen LogP contribution < -0.4 is 10.6 Å². The van der Waals surface area contributed by atoms with Crippen molar-refractivity contribution in [2.24, 2.45) is 5.41 Å². The smallest absolute Gasteiger partial charge is 0.231 e. The fourth-order valence-corrected chi connectivity index (χ4v) is 2.53. The van der Waals surface area contributed by atoms with E-state index in [1.54, 1.807) is 6.07 Å². The molecule has 0 radical (unpaired) electrons. The molecule has 2 N–H and O–H groups in total. The van der Waals surface area contributed by atoms with Crippen molar-refractivity contribution in [3.63, 3.8) is 0 Å². The van der Waals surface area contributed by atoms with Gasteiger partial charge in [-0.25, -0.2) is 0 Å². The van der Waals surface area contributed by atoms with Gasteiger partial charge in [0.15, 0.2) is 0 Å². The molecule has 98 valence electrons. The number of nitrogens with one attached hydrogen (secondary N) is 2. The highest BCUT2D eigenvalue weighted by molar-refractivity contribution is 9.10. The van der Waals surface area contributed by atoms with Crippen molar-refractivity contribution in [3.05, 3.63) is 27.7 Å². The zero-order valence-electron chi connectivity index (χ0n) is 10.2. The van der Waals surface area contributed by atoms with Crippen LogP contribution in [0.1, 0.15) is 19.8 Å². The number of anilines is 1. The van der Waals surface area contributed by atoms with E-state index in [0.717, 1.165) is 36.1 Å². The number of benzene rings is 1. The highest BCUT2D eigenvalue weighted by atomic mass is 79.9. The van der Waals surface area contributed by atoms with Gasteiger partial charge < -0.3 is 10.6 Å². The third kappa shape index (κ3) is 3.05. The van der Waals surface area contributed by atoms with Gasteiger partial charge in [-0.1, -0.05) is 11.6 Å². The number of hydrogen-bond acceptors (Lipinski definition) is 2. The molecule has 1 fully saturated rings. The minimum atomic E-state index is -0.336. The van der Waals surface area contributed by atoms with Gasteiger partial charge in [0.25, 0.3) is 0 Å². The van der Waals surface area contributed by atoms with Gasteiger partial charge in [-0.2, -0.15) is 0 Å². The minimum Gasteiger partial charge on any atom is -0.326 e. The van der Waals surface area contributed by atoms with E-state index >= 15 is 0 Å². The Morgan fingerprint density at radius 2 is 2.33 bits per heavy atom. The lowest BCUT2D eigenvalue weighted by Gasteiger charge is -2.32. The van der Waals surface area contributed by atoms with Crippen LogP contribution >= 0.6 is 27.5 Å². The monoisotopic (exact) mass is 330 g/mol. The van der Waals surface area contributed by atoms with E-state index in [0.29, 0.717) is 5.02 Å². The predicted molar refractivity (Wildman–Crippen MR) is 78.0 cm³/mol. The predicted octanol–water partition coefficient (Wildman–Crippen LogP) is 3.43. The molecule has 1 aromatic carbocycles. The molecule has 1 aromatic rings. The summed E-state index contributed by atoms with van der Waals surface area (Å²) >= 11 is 9.34. The third-order valence-electron chi connectivity index (χ3n) is 3.32. The lowest BCUT2D eigenvalue weighted by Crippen LogP contribution is -2.46. The van der Waals surface area contributed by atoms with Crippen LogP contribution in [-0.2, 0) is 4.79 Å². The Balaban J connectivity index is 2.08. The van der Waals surface area contributed by atoms with Crippen molar-refractivity contribution in [1.29, 1.82) is 0 Å². The van der Waals surface area contributed by atoms with Crippen molar-refractivity contribution in [3.8, 4) is 0 Å². The average Bonchev–Trinajstić information content (AvgIpc) is 2.35. The first-order valence-electron chi connectivity index (χ1n) is 5.98. The Kier molecular flexibility index (Phi) is 4.30. The second-order valence-electron chi connectivity index (χ2n) is 4.92. The maximum absolute atomic E-state index is 12.3. The van der Waals surface area contributed by atoms with Gasteiger partial charge in [0.1, 0.15) is 0 Å². The normalized spacial score (nSPS) is 23.7. The number of carbonyl (C=O) groups is 1. The SMILES string of the molecule is CC1(C(=O)Nc2ccc(Br)c(Cl)c2)CCCNC1. The zero-order chi connectivity index (χ0) is 13.2. The second-order valence-corrected chi connectivity index (χ2v) is 6.19. The molecule has 1 aliphatic rings. The summed E-state index contributed by atoms with van der Waals surface area (Å²) in [6, 6.07) is 5.43. The van der Waals surface area contributed by atoms with Gasteiger partial charge in [0.2, 0.25) is 5.91 Å². The van der Waals surface area contributed by atoms with Crippen molar-refractivity contribution < 1.29 is 4.79 Å². The van der Waals surface area contributed by atoms with E-state index in [1.165, 1.54) is 0 Å². The molecular formula is C13H16BrClN2O. The number of amides is 1. The highest BCUT2D eigenvalue weighted by Crippen LogP contribution is 2.29. The first-order valence-corrected chi connectivity index (χ1v) is 7.16. The second kappa shape index (κ2) is 5.59. The number of carbonyl (C=O) groups excluding carboxylic acids is 1. The number of halogens is 2. The molecular weight excluding hydrogens is 316 g/mol. The van der Waals surface area contributed by atoms with Crippen molar-refractivity contribution in [2.45, 2.75) is 19.8 Å². The molecule has 0 bridgehead atoms. The Hall–Kier alpha value is -0.580. The molecule has 5 heteroatoms. The summed E-state index contributed by atoms with van der Waals surface area (Å²) in [6.07, 6.45) is 1.95. The molecule has 3 nitrogen and oxygen atoms in total. The maximum atomic E-state index is 12.3. The summed E-state index contributed by atoms with van der Waals surface area (Å²) in [5.74, 6) is 0.0492. The lowest BCUT2D eigenvalue weighted by atomic mass is 9.82. The largest absolute Gasteiger partial charge is 0.326 e. The van der Waals surface area contributed by atoms with Gasteiger partial charge in [-0.15, -0.1) is 0 Å². The molecule has 2 rings (SSSR count). The Morgan fingerprint density at radius 3 is 2.94 bits per heavy atom. The molecule has 0 spiro atoms. The molecule has 1 unspecified atom stereocenters. The lowest BCUT2D eigenvalue weighted by molar-refractivity contribution is -0.125. The fourth-order valence-electron chi connectivity index (χ4n) is 2.11. The van der Waals surface area contributed by atoms with Crippen LogP contribution in [0.4, 0.5) is 5.69 Å². The first kappa shape index (κ1) is 13.8. The first-order chi connectivity index (χ1) is 8.51. The van der Waals surface area contributed by atoms with E-state index in [1.807, 2.05) is 19.1 Å². The summed E-state index contributed by atoms with van der Waals surface area (Å²) in [4.78, 5) is 12.3. The summed E-state index contributed by atoms with van der Waals surface area (Å²) in [5.41, 5.74) is 0.401. The van der Waals surface area contributed by atoms with Crippen LogP contribution in [0.15, 0.2) is 22.7 Å². The third-order valence-corrected chi connectivity index (χ3v) is 4.56. The molecule has 1 saturated heterocycles. The van der Waals surface area contributed by atoms with E-state index in [9.17, 15) is 4.79 Å². The van der Waals surface area contributed by atoms with Gasteiger partial charge in [0.05, 0.1) is 10.4 Å². The molecule has 1 aliphatic heterocycles. The molecule has 0 saturated carbocycles. The fraction of sp³-hybridized carbons (Fsp3) is 0.462. The van der Waals surface area contributed by atoms with Crippen molar-refractivity contribution in [2.75, 3.05) is 18.4 Å². The van der Waals surface area contributed by atoms with Crippen LogP contribution in [0.25, 0.3) is 0 Å². The molecule has 1 heterocycles. The molecule has 1 amide bonds. The Morgan fingerprint density at radius 1 is 1.56 bits per heavy atom. The van der Waals surface area contributed by atoms with Gasteiger partial charge in [-0.3, -0.25) is 4.79 Å².